The number of para-hydroxylation sites is 1. The van der Waals surface area contributed by atoms with Crippen LogP contribution in [0.25, 0.3) is 34.1 Å². The first-order chi connectivity index (χ1) is 14.7. The van der Waals surface area contributed by atoms with Crippen LogP contribution >= 0.6 is 11.6 Å². The van der Waals surface area contributed by atoms with E-state index in [9.17, 15) is 0 Å². The highest BCUT2D eigenvalue weighted by Crippen LogP contribution is 2.32. The Morgan fingerprint density at radius 1 is 0.967 bits per heavy atom. The van der Waals surface area contributed by atoms with Gasteiger partial charge in [0, 0.05) is 5.56 Å². The third kappa shape index (κ3) is 2.98. The van der Waals surface area contributed by atoms with E-state index in [1.807, 2.05) is 61.5 Å². The van der Waals surface area contributed by atoms with Gasteiger partial charge in [0.1, 0.15) is 10.9 Å². The van der Waals surface area contributed by atoms with Crippen LogP contribution in [0, 0.1) is 6.92 Å². The number of methoxy groups -OCH3 is 1. The molecule has 0 atom stereocenters. The SMILES string of the molecule is COc1ccc(-c2cnn3c(-c4c(C)nn(-c5ccccc5)c4Cl)nnc3n2)cc1. The van der Waals surface area contributed by atoms with Crippen LogP contribution in [0.3, 0.4) is 0 Å². The average Bonchev–Trinajstić information content (AvgIpc) is 3.33. The minimum absolute atomic E-state index is 0.376. The summed E-state index contributed by atoms with van der Waals surface area (Å²) in [4.78, 5) is 4.59. The van der Waals surface area contributed by atoms with Crippen LogP contribution in [-0.2, 0) is 0 Å². The summed E-state index contributed by atoms with van der Waals surface area (Å²) in [5.74, 6) is 1.64. The van der Waals surface area contributed by atoms with Gasteiger partial charge in [-0.25, -0.2) is 9.67 Å². The minimum Gasteiger partial charge on any atom is -0.497 e. The summed E-state index contributed by atoms with van der Waals surface area (Å²) in [6.45, 7) is 1.88. The van der Waals surface area contributed by atoms with Crippen LogP contribution in [0.2, 0.25) is 5.15 Å². The van der Waals surface area contributed by atoms with Crippen molar-refractivity contribution in [1.82, 2.24) is 34.6 Å². The van der Waals surface area contributed by atoms with E-state index in [0.717, 1.165) is 22.7 Å². The maximum absolute atomic E-state index is 6.67. The normalized spacial score (nSPS) is 11.2. The molecule has 3 aromatic heterocycles. The van der Waals surface area contributed by atoms with E-state index in [-0.39, 0.29) is 0 Å². The van der Waals surface area contributed by atoms with Crippen molar-refractivity contribution in [3.63, 3.8) is 0 Å². The van der Waals surface area contributed by atoms with Gasteiger partial charge in [0.2, 0.25) is 0 Å². The van der Waals surface area contributed by atoms with Crippen molar-refractivity contribution in [2.75, 3.05) is 7.11 Å². The van der Waals surface area contributed by atoms with Crippen molar-refractivity contribution >= 4 is 17.4 Å². The van der Waals surface area contributed by atoms with Crippen molar-refractivity contribution in [2.24, 2.45) is 0 Å². The van der Waals surface area contributed by atoms with E-state index < -0.39 is 0 Å². The van der Waals surface area contributed by atoms with Crippen LogP contribution in [0.5, 0.6) is 5.75 Å². The minimum atomic E-state index is 0.376. The van der Waals surface area contributed by atoms with Crippen molar-refractivity contribution < 1.29 is 4.74 Å². The molecule has 2 aromatic carbocycles. The number of aryl methyl sites for hydroxylation is 1. The zero-order chi connectivity index (χ0) is 20.7. The monoisotopic (exact) mass is 417 g/mol. The van der Waals surface area contributed by atoms with Crippen LogP contribution < -0.4 is 4.74 Å². The van der Waals surface area contributed by atoms with Crippen LogP contribution in [0.1, 0.15) is 5.69 Å². The number of nitrogens with zero attached hydrogens (tertiary/aromatic N) is 7. The summed E-state index contributed by atoms with van der Waals surface area (Å²) in [7, 11) is 1.63. The molecule has 0 aliphatic heterocycles. The lowest BCUT2D eigenvalue weighted by atomic mass is 10.1. The first-order valence-electron chi connectivity index (χ1n) is 9.19. The number of benzene rings is 2. The van der Waals surface area contributed by atoms with Crippen molar-refractivity contribution in [3.8, 4) is 34.1 Å². The third-order valence-corrected chi connectivity index (χ3v) is 5.10. The Labute approximate surface area is 176 Å². The Bertz CT molecular complexity index is 1340. The topological polar surface area (TPSA) is 83.0 Å². The van der Waals surface area contributed by atoms with E-state index in [0.29, 0.717) is 28.0 Å². The molecule has 0 amide bonds. The molecule has 148 valence electrons. The molecule has 5 rings (SSSR count). The zero-order valence-electron chi connectivity index (χ0n) is 16.2. The van der Waals surface area contributed by atoms with Gasteiger partial charge in [0.25, 0.3) is 5.78 Å². The maximum Gasteiger partial charge on any atom is 0.272 e. The fraction of sp³-hybridized carbons (Fsp3) is 0.0952. The van der Waals surface area contributed by atoms with E-state index in [4.69, 9.17) is 16.3 Å². The van der Waals surface area contributed by atoms with E-state index in [2.05, 4.69) is 25.4 Å². The van der Waals surface area contributed by atoms with Gasteiger partial charge in [-0.2, -0.15) is 14.7 Å². The molecule has 5 aromatic rings. The Kier molecular flexibility index (Phi) is 4.40. The Balaban J connectivity index is 1.58. The molecule has 0 radical (unpaired) electrons. The predicted molar refractivity (Wildman–Crippen MR) is 113 cm³/mol. The number of halogens is 1. The molecule has 0 aliphatic carbocycles. The molecule has 9 heteroatoms. The molecule has 0 spiro atoms. The smallest absolute Gasteiger partial charge is 0.272 e. The van der Waals surface area contributed by atoms with Gasteiger partial charge in [0.05, 0.1) is 35.9 Å². The standard InChI is InChI=1S/C21H16ClN7O/c1-13-18(19(22)28(27-13)15-6-4-3-5-7-15)20-25-26-21-24-17(12-23-29(20)21)14-8-10-16(30-2)11-9-14/h3-12H,1-2H3. The van der Waals surface area contributed by atoms with Gasteiger partial charge in [-0.1, -0.05) is 29.8 Å². The first-order valence-corrected chi connectivity index (χ1v) is 9.57. The van der Waals surface area contributed by atoms with Crippen molar-refractivity contribution in [3.05, 3.63) is 71.6 Å². The second kappa shape index (κ2) is 7.23. The lowest BCUT2D eigenvalue weighted by molar-refractivity contribution is 0.415. The molecular formula is C21H16ClN7O. The second-order valence-electron chi connectivity index (χ2n) is 6.60. The highest BCUT2D eigenvalue weighted by molar-refractivity contribution is 6.32. The largest absolute Gasteiger partial charge is 0.497 e. The number of rotatable bonds is 4. The zero-order valence-corrected chi connectivity index (χ0v) is 16.9. The third-order valence-electron chi connectivity index (χ3n) is 4.75. The molecule has 0 unspecified atom stereocenters. The number of fused-ring (bicyclic) bond motifs is 1. The van der Waals surface area contributed by atoms with Crippen LogP contribution in [0.4, 0.5) is 0 Å². The molecule has 0 N–H and O–H groups in total. The van der Waals surface area contributed by atoms with E-state index in [1.165, 1.54) is 0 Å². The highest BCUT2D eigenvalue weighted by Gasteiger charge is 2.22. The molecule has 0 saturated carbocycles. The second-order valence-corrected chi connectivity index (χ2v) is 6.96. The fourth-order valence-electron chi connectivity index (χ4n) is 3.25. The summed E-state index contributed by atoms with van der Waals surface area (Å²) >= 11 is 6.67. The average molecular weight is 418 g/mol. The molecular weight excluding hydrogens is 402 g/mol. The first kappa shape index (κ1) is 18.3. The molecule has 8 nitrogen and oxygen atoms in total. The molecule has 0 fully saturated rings. The van der Waals surface area contributed by atoms with Crippen molar-refractivity contribution in [2.45, 2.75) is 6.92 Å². The van der Waals surface area contributed by atoms with Crippen LogP contribution in [0.15, 0.2) is 60.8 Å². The van der Waals surface area contributed by atoms with Gasteiger partial charge in [0.15, 0.2) is 5.82 Å². The molecule has 0 aliphatic rings. The van der Waals surface area contributed by atoms with Gasteiger partial charge in [-0.3, -0.25) is 0 Å². The lowest BCUT2D eigenvalue weighted by Crippen LogP contribution is -1.99. The summed E-state index contributed by atoms with van der Waals surface area (Å²) < 4.78 is 8.44. The van der Waals surface area contributed by atoms with Crippen molar-refractivity contribution in [1.29, 1.82) is 0 Å². The Morgan fingerprint density at radius 2 is 1.73 bits per heavy atom. The van der Waals surface area contributed by atoms with Gasteiger partial charge < -0.3 is 4.74 Å². The molecule has 30 heavy (non-hydrogen) atoms. The highest BCUT2D eigenvalue weighted by atomic mass is 35.5. The predicted octanol–water partition coefficient (Wildman–Crippen LogP) is 4.01. The van der Waals surface area contributed by atoms with E-state index >= 15 is 0 Å². The molecule has 0 saturated heterocycles. The number of aromatic nitrogens is 7. The number of hydrogen-bond donors (Lipinski definition) is 0. The summed E-state index contributed by atoms with van der Waals surface area (Å²) in [6.07, 6.45) is 1.67. The van der Waals surface area contributed by atoms with E-state index in [1.54, 1.807) is 22.5 Å². The number of hydrogen-bond acceptors (Lipinski definition) is 6. The van der Waals surface area contributed by atoms with Gasteiger partial charge in [-0.15, -0.1) is 10.2 Å². The quantitative estimate of drug-likeness (QED) is 0.439. The lowest BCUT2D eigenvalue weighted by Gasteiger charge is -2.04. The summed E-state index contributed by atoms with van der Waals surface area (Å²) in [6, 6.07) is 17.3. The summed E-state index contributed by atoms with van der Waals surface area (Å²) in [5, 5.41) is 18.0. The maximum atomic E-state index is 6.67. The van der Waals surface area contributed by atoms with Crippen LogP contribution in [-0.4, -0.2) is 41.7 Å². The molecule has 0 bridgehead atoms. The Hall–Kier alpha value is -3.78. The molecule has 3 heterocycles. The van der Waals surface area contributed by atoms with Gasteiger partial charge in [-0.05, 0) is 43.3 Å². The summed E-state index contributed by atoms with van der Waals surface area (Å²) in [5.41, 5.74) is 3.84. The van der Waals surface area contributed by atoms with Gasteiger partial charge >= 0.3 is 0 Å². The fourth-order valence-corrected chi connectivity index (χ4v) is 3.60. The Morgan fingerprint density at radius 3 is 2.47 bits per heavy atom. The number of ether oxygens (including phenoxy) is 1.